The fourth-order valence-electron chi connectivity index (χ4n) is 3.05. The molecule has 31 heavy (non-hydrogen) atoms. The number of anilines is 1. The highest BCUT2D eigenvalue weighted by atomic mass is 16.5. The number of benzene rings is 3. The number of amides is 1. The highest BCUT2D eigenvalue weighted by Crippen LogP contribution is 2.22. The monoisotopic (exact) mass is 412 g/mol. The summed E-state index contributed by atoms with van der Waals surface area (Å²) in [7, 11) is 1.61. The Balaban J connectivity index is 1.65. The molecular formula is C26H24N2O3. The topological polar surface area (TPSA) is 71.3 Å². The molecular weight excluding hydrogens is 388 g/mol. The summed E-state index contributed by atoms with van der Waals surface area (Å²) >= 11 is 0. The molecule has 0 heterocycles. The predicted octanol–water partition coefficient (Wildman–Crippen LogP) is 5.30. The minimum atomic E-state index is -0.239. The van der Waals surface area contributed by atoms with Crippen molar-refractivity contribution < 1.29 is 14.3 Å². The first-order chi connectivity index (χ1) is 15.1. The van der Waals surface area contributed by atoms with Crippen LogP contribution in [0.25, 0.3) is 6.08 Å². The van der Waals surface area contributed by atoms with Crippen LogP contribution < -0.4 is 14.8 Å². The number of carbonyl (C=O) groups is 1. The van der Waals surface area contributed by atoms with E-state index in [4.69, 9.17) is 14.7 Å². The van der Waals surface area contributed by atoms with Crippen molar-refractivity contribution in [3.8, 4) is 17.6 Å². The third kappa shape index (κ3) is 6.22. The molecule has 0 unspecified atom stereocenters. The van der Waals surface area contributed by atoms with Crippen LogP contribution in [0.1, 0.15) is 22.3 Å². The largest absolute Gasteiger partial charge is 0.496 e. The summed E-state index contributed by atoms with van der Waals surface area (Å²) in [6.45, 7) is 2.30. The van der Waals surface area contributed by atoms with Crippen LogP contribution in [0.3, 0.4) is 0 Å². The Morgan fingerprint density at radius 3 is 2.61 bits per heavy atom. The van der Waals surface area contributed by atoms with Crippen LogP contribution in [-0.4, -0.2) is 13.0 Å². The molecule has 3 aromatic carbocycles. The van der Waals surface area contributed by atoms with Crippen LogP contribution in [0.5, 0.6) is 11.5 Å². The van der Waals surface area contributed by atoms with E-state index >= 15 is 0 Å². The highest BCUT2D eigenvalue weighted by Gasteiger charge is 2.07. The van der Waals surface area contributed by atoms with E-state index in [2.05, 4.69) is 11.4 Å². The molecule has 1 N–H and O–H groups in total. The smallest absolute Gasteiger partial charge is 0.248 e. The molecule has 3 rings (SSSR count). The first kappa shape index (κ1) is 21.7. The van der Waals surface area contributed by atoms with Crippen molar-refractivity contribution >= 4 is 17.7 Å². The molecule has 1 amide bonds. The molecule has 0 saturated carbocycles. The van der Waals surface area contributed by atoms with Gasteiger partial charge in [-0.3, -0.25) is 4.79 Å². The fourth-order valence-corrected chi connectivity index (χ4v) is 3.05. The molecule has 0 aliphatic rings. The third-order valence-corrected chi connectivity index (χ3v) is 4.68. The van der Waals surface area contributed by atoms with E-state index in [-0.39, 0.29) is 5.91 Å². The van der Waals surface area contributed by atoms with Crippen molar-refractivity contribution in [1.82, 2.24) is 0 Å². The lowest BCUT2D eigenvalue weighted by molar-refractivity contribution is -0.111. The molecule has 3 aromatic rings. The van der Waals surface area contributed by atoms with E-state index in [9.17, 15) is 4.79 Å². The molecule has 0 aromatic heterocycles. The molecule has 0 aliphatic heterocycles. The van der Waals surface area contributed by atoms with Gasteiger partial charge in [-0.1, -0.05) is 42.0 Å². The lowest BCUT2D eigenvalue weighted by Gasteiger charge is -2.12. The Bertz CT molecular complexity index is 1110. The second-order valence-corrected chi connectivity index (χ2v) is 6.99. The van der Waals surface area contributed by atoms with E-state index in [0.29, 0.717) is 30.2 Å². The maximum atomic E-state index is 12.5. The van der Waals surface area contributed by atoms with Gasteiger partial charge in [-0.15, -0.1) is 0 Å². The number of nitrogens with zero attached hydrogens (tertiary/aromatic N) is 1. The number of hydrogen-bond donors (Lipinski definition) is 1. The molecule has 5 heteroatoms. The van der Waals surface area contributed by atoms with Crippen LogP contribution in [-0.2, 0) is 17.8 Å². The molecule has 0 bridgehead atoms. The van der Waals surface area contributed by atoms with Gasteiger partial charge in [-0.05, 0) is 48.9 Å². The first-order valence-electron chi connectivity index (χ1n) is 9.89. The summed E-state index contributed by atoms with van der Waals surface area (Å²) in [5.41, 5.74) is 4.42. The van der Waals surface area contributed by atoms with E-state index in [1.807, 2.05) is 73.7 Å². The van der Waals surface area contributed by atoms with Gasteiger partial charge in [0.15, 0.2) is 0 Å². The SMILES string of the molecule is COc1ccc(C)cc1C=CC(=O)Nc1ccccc1COc1ccc(CC#N)cc1. The zero-order chi connectivity index (χ0) is 22.1. The number of para-hydroxylation sites is 1. The van der Waals surface area contributed by atoms with Crippen molar-refractivity contribution in [2.45, 2.75) is 20.0 Å². The van der Waals surface area contributed by atoms with E-state index in [1.165, 1.54) is 6.08 Å². The van der Waals surface area contributed by atoms with Gasteiger partial charge in [0.1, 0.15) is 18.1 Å². The molecule has 0 radical (unpaired) electrons. The number of ether oxygens (including phenoxy) is 2. The highest BCUT2D eigenvalue weighted by molar-refractivity contribution is 6.02. The second kappa shape index (κ2) is 10.7. The van der Waals surface area contributed by atoms with Crippen molar-refractivity contribution in [2.24, 2.45) is 0 Å². The maximum absolute atomic E-state index is 12.5. The Kier molecular flexibility index (Phi) is 7.45. The number of hydrogen-bond acceptors (Lipinski definition) is 4. The number of aryl methyl sites for hydroxylation is 1. The van der Waals surface area contributed by atoms with Crippen molar-refractivity contribution in [3.63, 3.8) is 0 Å². The Hall–Kier alpha value is -4.04. The number of methoxy groups -OCH3 is 1. The summed E-state index contributed by atoms with van der Waals surface area (Å²) < 4.78 is 11.2. The van der Waals surface area contributed by atoms with Gasteiger partial charge >= 0.3 is 0 Å². The average Bonchev–Trinajstić information content (AvgIpc) is 2.78. The van der Waals surface area contributed by atoms with Gasteiger partial charge in [0.25, 0.3) is 0 Å². The Morgan fingerprint density at radius 2 is 1.87 bits per heavy atom. The van der Waals surface area contributed by atoms with E-state index in [0.717, 1.165) is 22.3 Å². The molecule has 0 spiro atoms. The van der Waals surface area contributed by atoms with Gasteiger partial charge < -0.3 is 14.8 Å². The second-order valence-electron chi connectivity index (χ2n) is 6.99. The number of rotatable bonds is 8. The van der Waals surface area contributed by atoms with Crippen LogP contribution in [0.4, 0.5) is 5.69 Å². The Labute approximate surface area is 182 Å². The summed E-state index contributed by atoms with van der Waals surface area (Å²) in [4.78, 5) is 12.5. The first-order valence-corrected chi connectivity index (χ1v) is 9.89. The van der Waals surface area contributed by atoms with Crippen LogP contribution in [0, 0.1) is 18.3 Å². The number of nitrogens with one attached hydrogen (secondary N) is 1. The summed E-state index contributed by atoms with van der Waals surface area (Å²) in [5, 5.41) is 11.7. The van der Waals surface area contributed by atoms with Gasteiger partial charge in [0.2, 0.25) is 5.91 Å². The van der Waals surface area contributed by atoms with Gasteiger partial charge in [-0.25, -0.2) is 0 Å². The van der Waals surface area contributed by atoms with E-state index < -0.39 is 0 Å². The van der Waals surface area contributed by atoms with Crippen LogP contribution in [0.15, 0.2) is 72.8 Å². The van der Waals surface area contributed by atoms with Gasteiger partial charge in [0, 0.05) is 22.9 Å². The summed E-state index contributed by atoms with van der Waals surface area (Å²) in [6.07, 6.45) is 3.60. The fraction of sp³-hybridized carbons (Fsp3) is 0.154. The zero-order valence-corrected chi connectivity index (χ0v) is 17.6. The number of carbonyl (C=O) groups excluding carboxylic acids is 1. The minimum absolute atomic E-state index is 0.239. The molecule has 0 saturated heterocycles. The molecule has 0 fully saturated rings. The van der Waals surface area contributed by atoms with Gasteiger partial charge in [-0.2, -0.15) is 5.26 Å². The van der Waals surface area contributed by atoms with Crippen LogP contribution >= 0.6 is 0 Å². The Morgan fingerprint density at radius 1 is 1.10 bits per heavy atom. The van der Waals surface area contributed by atoms with Gasteiger partial charge in [0.05, 0.1) is 19.6 Å². The predicted molar refractivity (Wildman–Crippen MR) is 122 cm³/mol. The minimum Gasteiger partial charge on any atom is -0.496 e. The zero-order valence-electron chi connectivity index (χ0n) is 17.6. The number of nitriles is 1. The lowest BCUT2D eigenvalue weighted by atomic mass is 10.1. The van der Waals surface area contributed by atoms with Crippen molar-refractivity contribution in [3.05, 3.63) is 95.1 Å². The normalized spacial score (nSPS) is 10.5. The summed E-state index contributed by atoms with van der Waals surface area (Å²) in [6, 6.07) is 22.9. The quantitative estimate of drug-likeness (QED) is 0.510. The van der Waals surface area contributed by atoms with E-state index in [1.54, 1.807) is 13.2 Å². The van der Waals surface area contributed by atoms with Crippen LogP contribution in [0.2, 0.25) is 0 Å². The van der Waals surface area contributed by atoms with Crippen molar-refractivity contribution in [1.29, 1.82) is 5.26 Å². The van der Waals surface area contributed by atoms with Crippen molar-refractivity contribution in [2.75, 3.05) is 12.4 Å². The lowest BCUT2D eigenvalue weighted by Crippen LogP contribution is -2.10. The average molecular weight is 412 g/mol. The maximum Gasteiger partial charge on any atom is 0.248 e. The molecule has 156 valence electrons. The summed E-state index contributed by atoms with van der Waals surface area (Å²) in [5.74, 6) is 1.18. The molecule has 0 atom stereocenters. The molecule has 0 aliphatic carbocycles. The molecule has 5 nitrogen and oxygen atoms in total. The standard InChI is InChI=1S/C26H24N2O3/c1-19-7-13-25(30-2)21(17-19)10-14-26(29)28-24-6-4-3-5-22(24)18-31-23-11-8-20(9-12-23)15-16-27/h3-14,17H,15,18H2,1-2H3,(H,28,29). The third-order valence-electron chi connectivity index (χ3n) is 4.68.